The predicted octanol–water partition coefficient (Wildman–Crippen LogP) is 0.999. The zero-order chi connectivity index (χ0) is 16.2. The molecule has 2 rings (SSSR count). The number of nitrogens with zero attached hydrogens (tertiary/aromatic N) is 3. The van der Waals surface area contributed by atoms with E-state index in [0.717, 1.165) is 5.56 Å². The molecule has 0 aliphatic carbocycles. The fourth-order valence-electron chi connectivity index (χ4n) is 2.02. The van der Waals surface area contributed by atoms with E-state index < -0.39 is 11.3 Å². The summed E-state index contributed by atoms with van der Waals surface area (Å²) in [6.07, 6.45) is 6.84. The molecule has 0 spiro atoms. The smallest absolute Gasteiger partial charge is 0.240 e. The maximum Gasteiger partial charge on any atom is 0.240 e. The van der Waals surface area contributed by atoms with Gasteiger partial charge in [-0.1, -0.05) is 13.8 Å². The van der Waals surface area contributed by atoms with Crippen LogP contribution in [0.1, 0.15) is 32.2 Å². The second kappa shape index (κ2) is 6.46. The summed E-state index contributed by atoms with van der Waals surface area (Å²) in [7, 11) is 0. The number of hydrogen-bond acceptors (Lipinski definition) is 5. The molecule has 0 aliphatic rings. The number of nitrogens with one attached hydrogen (secondary N) is 2. The molecule has 2 N–H and O–H groups in total. The molecule has 0 saturated heterocycles. The van der Waals surface area contributed by atoms with Crippen molar-refractivity contribution in [3.8, 4) is 0 Å². The van der Waals surface area contributed by atoms with Gasteiger partial charge in [0.2, 0.25) is 11.8 Å². The average Bonchev–Trinajstić information content (AvgIpc) is 3.00. The molecule has 0 bridgehead atoms. The Balaban J connectivity index is 2.33. The van der Waals surface area contributed by atoms with Crippen molar-refractivity contribution in [1.29, 1.82) is 0 Å². The molecule has 1 unspecified atom stereocenters. The highest BCUT2D eigenvalue weighted by Crippen LogP contribution is 2.25. The Bertz CT molecular complexity index is 639. The summed E-state index contributed by atoms with van der Waals surface area (Å²) in [4.78, 5) is 32.9. The molecule has 22 heavy (non-hydrogen) atoms. The average molecular weight is 301 g/mol. The summed E-state index contributed by atoms with van der Waals surface area (Å²) in [5.74, 6) is -0.651. The molecule has 7 heteroatoms. The number of hydrogen-bond donors (Lipinski definition) is 2. The van der Waals surface area contributed by atoms with Crippen molar-refractivity contribution in [2.24, 2.45) is 5.92 Å². The fraction of sp³-hybridized carbons (Fsp3) is 0.400. The lowest BCUT2D eigenvalue weighted by atomic mass is 9.82. The van der Waals surface area contributed by atoms with Crippen molar-refractivity contribution < 1.29 is 9.59 Å². The summed E-state index contributed by atoms with van der Waals surface area (Å²) in [5, 5.41) is 9.04. The number of H-pyrrole nitrogens is 1. The lowest BCUT2D eigenvalue weighted by molar-refractivity contribution is -0.135. The van der Waals surface area contributed by atoms with E-state index in [4.69, 9.17) is 0 Å². The second-order valence-corrected chi connectivity index (χ2v) is 5.66. The van der Waals surface area contributed by atoms with E-state index in [2.05, 4.69) is 25.5 Å². The topological polar surface area (TPSA) is 101 Å². The Morgan fingerprint density at radius 2 is 2.00 bits per heavy atom. The standard InChI is InChI=1S/C15H19N5O2/c1-10(2)12(21)20-14(22)15(3,7-11-8-18-19-9-11)13-16-5-4-6-17-13/h4-6,8-10H,7H2,1-3H3,(H,18,19)(H,20,21,22). The molecule has 0 aliphatic heterocycles. The Kier molecular flexibility index (Phi) is 4.65. The van der Waals surface area contributed by atoms with Crippen LogP contribution in [0.4, 0.5) is 0 Å². The summed E-state index contributed by atoms with van der Waals surface area (Å²) in [5.41, 5.74) is -0.225. The first-order valence-electron chi connectivity index (χ1n) is 7.04. The van der Waals surface area contributed by atoms with Gasteiger partial charge in [-0.15, -0.1) is 0 Å². The number of amides is 2. The molecule has 0 aromatic carbocycles. The lowest BCUT2D eigenvalue weighted by Gasteiger charge is -2.26. The Morgan fingerprint density at radius 3 is 2.55 bits per heavy atom. The first-order valence-corrected chi connectivity index (χ1v) is 7.04. The number of rotatable bonds is 5. The zero-order valence-corrected chi connectivity index (χ0v) is 12.8. The first kappa shape index (κ1) is 15.8. The predicted molar refractivity (Wildman–Crippen MR) is 79.7 cm³/mol. The number of aromatic amines is 1. The quantitative estimate of drug-likeness (QED) is 0.858. The lowest BCUT2D eigenvalue weighted by Crippen LogP contribution is -2.48. The minimum Gasteiger partial charge on any atom is -0.295 e. The van der Waals surface area contributed by atoms with E-state index in [0.29, 0.717) is 12.2 Å². The molecule has 2 heterocycles. The van der Waals surface area contributed by atoms with Crippen LogP contribution in [0.3, 0.4) is 0 Å². The third-order valence-electron chi connectivity index (χ3n) is 3.43. The monoisotopic (exact) mass is 301 g/mol. The van der Waals surface area contributed by atoms with E-state index in [1.54, 1.807) is 51.6 Å². The van der Waals surface area contributed by atoms with Gasteiger partial charge in [0, 0.05) is 24.5 Å². The molecule has 0 radical (unpaired) electrons. The van der Waals surface area contributed by atoms with Gasteiger partial charge >= 0.3 is 0 Å². The van der Waals surface area contributed by atoms with Gasteiger partial charge in [0.15, 0.2) is 0 Å². The Morgan fingerprint density at radius 1 is 1.32 bits per heavy atom. The number of imide groups is 1. The van der Waals surface area contributed by atoms with E-state index in [-0.39, 0.29) is 11.8 Å². The van der Waals surface area contributed by atoms with Crippen molar-refractivity contribution in [3.05, 3.63) is 42.2 Å². The summed E-state index contributed by atoms with van der Waals surface area (Å²) < 4.78 is 0. The summed E-state index contributed by atoms with van der Waals surface area (Å²) in [6, 6.07) is 1.68. The van der Waals surface area contributed by atoms with Crippen LogP contribution in [0, 0.1) is 5.92 Å². The number of aromatic nitrogens is 4. The van der Waals surface area contributed by atoms with E-state index in [1.165, 1.54) is 0 Å². The highest BCUT2D eigenvalue weighted by atomic mass is 16.2. The molecular formula is C15H19N5O2. The minimum absolute atomic E-state index is 0.279. The van der Waals surface area contributed by atoms with Gasteiger partial charge in [-0.2, -0.15) is 5.10 Å². The molecule has 0 fully saturated rings. The van der Waals surface area contributed by atoms with Gasteiger partial charge in [0.1, 0.15) is 11.2 Å². The summed E-state index contributed by atoms with van der Waals surface area (Å²) >= 11 is 0. The van der Waals surface area contributed by atoms with Gasteiger partial charge in [-0.05, 0) is 25.0 Å². The van der Waals surface area contributed by atoms with Crippen LogP contribution in [0.25, 0.3) is 0 Å². The van der Waals surface area contributed by atoms with Crippen molar-refractivity contribution in [1.82, 2.24) is 25.5 Å². The third kappa shape index (κ3) is 3.36. The molecule has 1 atom stereocenters. The molecule has 0 saturated carbocycles. The highest BCUT2D eigenvalue weighted by Gasteiger charge is 2.39. The van der Waals surface area contributed by atoms with E-state index in [1.807, 2.05) is 0 Å². The van der Waals surface area contributed by atoms with Crippen LogP contribution in [-0.4, -0.2) is 32.0 Å². The largest absolute Gasteiger partial charge is 0.295 e. The van der Waals surface area contributed by atoms with Crippen LogP contribution < -0.4 is 5.32 Å². The Hall–Kier alpha value is -2.57. The van der Waals surface area contributed by atoms with E-state index in [9.17, 15) is 9.59 Å². The fourth-order valence-corrected chi connectivity index (χ4v) is 2.02. The van der Waals surface area contributed by atoms with Gasteiger partial charge < -0.3 is 0 Å². The van der Waals surface area contributed by atoms with Crippen molar-refractivity contribution >= 4 is 11.8 Å². The van der Waals surface area contributed by atoms with Gasteiger partial charge in [0.05, 0.1) is 6.20 Å². The Labute approximate surface area is 128 Å². The van der Waals surface area contributed by atoms with Crippen LogP contribution >= 0.6 is 0 Å². The van der Waals surface area contributed by atoms with Gasteiger partial charge in [0.25, 0.3) is 0 Å². The maximum absolute atomic E-state index is 12.7. The number of carbonyl (C=O) groups is 2. The second-order valence-electron chi connectivity index (χ2n) is 5.66. The first-order chi connectivity index (χ1) is 10.4. The molecule has 116 valence electrons. The maximum atomic E-state index is 12.7. The third-order valence-corrected chi connectivity index (χ3v) is 3.43. The minimum atomic E-state index is -1.06. The molecule has 2 aromatic heterocycles. The van der Waals surface area contributed by atoms with Crippen molar-refractivity contribution in [2.45, 2.75) is 32.6 Å². The highest BCUT2D eigenvalue weighted by molar-refractivity contribution is 6.00. The molecule has 2 amide bonds. The normalized spacial score (nSPS) is 13.6. The summed E-state index contributed by atoms with van der Waals surface area (Å²) in [6.45, 7) is 5.18. The molecule has 7 nitrogen and oxygen atoms in total. The van der Waals surface area contributed by atoms with Crippen LogP contribution in [0.15, 0.2) is 30.9 Å². The van der Waals surface area contributed by atoms with Crippen molar-refractivity contribution in [3.63, 3.8) is 0 Å². The van der Waals surface area contributed by atoms with E-state index >= 15 is 0 Å². The molecule has 2 aromatic rings. The molecular weight excluding hydrogens is 282 g/mol. The van der Waals surface area contributed by atoms with Gasteiger partial charge in [-0.3, -0.25) is 20.0 Å². The zero-order valence-electron chi connectivity index (χ0n) is 12.8. The SMILES string of the molecule is CC(C)C(=O)NC(=O)C(C)(Cc1cn[nH]c1)c1ncccn1. The van der Waals surface area contributed by atoms with Crippen molar-refractivity contribution in [2.75, 3.05) is 0 Å². The van der Waals surface area contributed by atoms with Crippen LogP contribution in [0.2, 0.25) is 0 Å². The van der Waals surface area contributed by atoms with Gasteiger partial charge in [-0.25, -0.2) is 9.97 Å². The number of carbonyl (C=O) groups excluding carboxylic acids is 2. The van der Waals surface area contributed by atoms with Crippen LogP contribution in [-0.2, 0) is 21.4 Å². The van der Waals surface area contributed by atoms with Crippen LogP contribution in [0.5, 0.6) is 0 Å².